The minimum absolute atomic E-state index is 0.0233. The summed E-state index contributed by atoms with van der Waals surface area (Å²) in [5.74, 6) is 1.85. The molecule has 0 spiro atoms. The third-order valence-corrected chi connectivity index (χ3v) is 18.3. The fourth-order valence-electron chi connectivity index (χ4n) is 11.3. The van der Waals surface area contributed by atoms with Crippen LogP contribution in [-0.2, 0) is 4.43 Å². The van der Waals surface area contributed by atoms with Crippen LogP contribution in [0.1, 0.15) is 120 Å². The number of fused-ring (bicyclic) bond motifs is 3. The van der Waals surface area contributed by atoms with Gasteiger partial charge in [0.15, 0.2) is 0 Å². The number of hydrogen-bond acceptors (Lipinski definition) is 2. The van der Waals surface area contributed by atoms with E-state index in [0.29, 0.717) is 29.3 Å². The molecule has 0 heterocycles. The SMILES string of the molecule is C/C(=C/CO[Si](c1ccccc1)(c1ccccc1)C(C)(C)C)CC[C@@H]1[C@@]2(C)CC[C@@H]3C(C)(C)CCC[C@@]3(C)[C@@H]2CC[C@@]1(C)O. The smallest absolute Gasteiger partial charge is 0.261 e. The van der Waals surface area contributed by atoms with Gasteiger partial charge < -0.3 is 9.53 Å². The van der Waals surface area contributed by atoms with Gasteiger partial charge in [0.25, 0.3) is 8.32 Å². The Morgan fingerprint density at radius 3 is 1.95 bits per heavy atom. The van der Waals surface area contributed by atoms with E-state index in [1.807, 2.05) is 0 Å². The average molecular weight is 615 g/mol. The maximum atomic E-state index is 11.9. The fourth-order valence-corrected chi connectivity index (χ4v) is 15.8. The van der Waals surface area contributed by atoms with Gasteiger partial charge in [-0.3, -0.25) is 0 Å². The predicted octanol–water partition coefficient (Wildman–Crippen LogP) is 9.70. The van der Waals surface area contributed by atoms with Crippen molar-refractivity contribution in [2.45, 2.75) is 131 Å². The minimum atomic E-state index is -2.55. The molecule has 0 amide bonds. The maximum absolute atomic E-state index is 11.9. The van der Waals surface area contributed by atoms with Crippen LogP contribution in [0.25, 0.3) is 0 Å². The molecule has 6 atom stereocenters. The van der Waals surface area contributed by atoms with E-state index in [0.717, 1.165) is 25.2 Å². The molecule has 1 N–H and O–H groups in total. The molecule has 0 unspecified atom stereocenters. The van der Waals surface area contributed by atoms with E-state index >= 15 is 0 Å². The van der Waals surface area contributed by atoms with Gasteiger partial charge >= 0.3 is 0 Å². The van der Waals surface area contributed by atoms with E-state index in [1.165, 1.54) is 54.5 Å². The van der Waals surface area contributed by atoms with Gasteiger partial charge in [-0.25, -0.2) is 0 Å². The molecule has 44 heavy (non-hydrogen) atoms. The van der Waals surface area contributed by atoms with Gasteiger partial charge in [0.2, 0.25) is 0 Å². The molecule has 0 saturated heterocycles. The Bertz CT molecular complexity index is 1250. The Labute approximate surface area is 271 Å². The number of rotatable bonds is 8. The molecule has 2 nitrogen and oxygen atoms in total. The van der Waals surface area contributed by atoms with E-state index in [2.05, 4.69) is 129 Å². The Kier molecular flexibility index (Phi) is 9.31. The molecule has 2 aromatic carbocycles. The Hall–Kier alpha value is -1.68. The molecule has 3 aliphatic carbocycles. The molecule has 0 radical (unpaired) electrons. The van der Waals surface area contributed by atoms with Crippen LogP contribution in [0.5, 0.6) is 0 Å². The van der Waals surface area contributed by atoms with Gasteiger partial charge in [-0.1, -0.05) is 127 Å². The molecule has 242 valence electrons. The van der Waals surface area contributed by atoms with E-state index in [1.54, 1.807) is 0 Å². The molecule has 3 fully saturated rings. The zero-order valence-corrected chi connectivity index (χ0v) is 30.5. The summed E-state index contributed by atoms with van der Waals surface area (Å²) in [4.78, 5) is 0. The zero-order chi connectivity index (χ0) is 32.0. The summed E-state index contributed by atoms with van der Waals surface area (Å²) in [6.07, 6.45) is 13.3. The van der Waals surface area contributed by atoms with E-state index in [9.17, 15) is 5.11 Å². The summed E-state index contributed by atoms with van der Waals surface area (Å²) in [6, 6.07) is 21.9. The summed E-state index contributed by atoms with van der Waals surface area (Å²) in [5, 5.41) is 14.6. The van der Waals surface area contributed by atoms with Crippen molar-refractivity contribution in [1.29, 1.82) is 0 Å². The highest BCUT2D eigenvalue weighted by Crippen LogP contribution is 2.70. The van der Waals surface area contributed by atoms with E-state index in [4.69, 9.17) is 4.43 Å². The van der Waals surface area contributed by atoms with E-state index in [-0.39, 0.29) is 10.5 Å². The quantitative estimate of drug-likeness (QED) is 0.237. The number of benzene rings is 2. The number of hydrogen-bond donors (Lipinski definition) is 1. The molecular formula is C41H62O2Si. The average Bonchev–Trinajstić information content (AvgIpc) is 2.94. The highest BCUT2D eigenvalue weighted by Gasteiger charge is 2.63. The largest absolute Gasteiger partial charge is 0.404 e. The van der Waals surface area contributed by atoms with Crippen LogP contribution in [0.2, 0.25) is 5.04 Å². The van der Waals surface area contributed by atoms with Crippen LogP contribution in [0.3, 0.4) is 0 Å². The van der Waals surface area contributed by atoms with Crippen molar-refractivity contribution in [1.82, 2.24) is 0 Å². The Morgan fingerprint density at radius 2 is 1.39 bits per heavy atom. The zero-order valence-electron chi connectivity index (χ0n) is 29.5. The van der Waals surface area contributed by atoms with Crippen molar-refractivity contribution in [3.8, 4) is 0 Å². The first-order chi connectivity index (χ1) is 20.6. The molecule has 0 aromatic heterocycles. The topological polar surface area (TPSA) is 29.5 Å². The van der Waals surface area contributed by atoms with Gasteiger partial charge in [-0.05, 0) is 115 Å². The molecule has 3 heteroatoms. The Balaban J connectivity index is 1.35. The number of allylic oxidation sites excluding steroid dienone is 1. The van der Waals surface area contributed by atoms with E-state index < -0.39 is 13.9 Å². The van der Waals surface area contributed by atoms with Crippen LogP contribution in [0.4, 0.5) is 0 Å². The fraction of sp³-hybridized carbons (Fsp3) is 0.659. The third kappa shape index (κ3) is 5.84. The van der Waals surface area contributed by atoms with Gasteiger partial charge in [-0.15, -0.1) is 0 Å². The lowest BCUT2D eigenvalue weighted by molar-refractivity contribution is -0.211. The second-order valence-corrected chi connectivity index (χ2v) is 21.8. The summed E-state index contributed by atoms with van der Waals surface area (Å²) < 4.78 is 7.18. The second-order valence-electron chi connectivity index (χ2n) is 17.5. The lowest BCUT2D eigenvalue weighted by Gasteiger charge is -2.67. The van der Waals surface area contributed by atoms with Crippen molar-refractivity contribution in [2.24, 2.45) is 34.0 Å². The van der Waals surface area contributed by atoms with Crippen LogP contribution in [0.15, 0.2) is 72.3 Å². The first-order valence-corrected chi connectivity index (χ1v) is 19.6. The van der Waals surface area contributed by atoms with Crippen molar-refractivity contribution in [3.63, 3.8) is 0 Å². The summed E-state index contributed by atoms with van der Waals surface area (Å²) >= 11 is 0. The predicted molar refractivity (Wildman–Crippen MR) is 190 cm³/mol. The lowest BCUT2D eigenvalue weighted by atomic mass is 9.38. The highest BCUT2D eigenvalue weighted by molar-refractivity contribution is 6.99. The van der Waals surface area contributed by atoms with Crippen LogP contribution >= 0.6 is 0 Å². The van der Waals surface area contributed by atoms with Crippen molar-refractivity contribution in [2.75, 3.05) is 6.61 Å². The normalized spacial score (nSPS) is 34.2. The van der Waals surface area contributed by atoms with Crippen molar-refractivity contribution in [3.05, 3.63) is 72.3 Å². The molecule has 3 aliphatic rings. The van der Waals surface area contributed by atoms with Gasteiger partial charge in [0.05, 0.1) is 12.2 Å². The van der Waals surface area contributed by atoms with Crippen LogP contribution in [0, 0.1) is 34.0 Å². The monoisotopic (exact) mass is 614 g/mol. The molecule has 2 aromatic rings. The Morgan fingerprint density at radius 1 is 0.818 bits per heavy atom. The molecular weight excluding hydrogens is 553 g/mol. The van der Waals surface area contributed by atoms with Crippen LogP contribution in [-0.4, -0.2) is 25.6 Å². The molecule has 0 bridgehead atoms. The summed E-state index contributed by atoms with van der Waals surface area (Å²) in [6.45, 7) is 22.4. The lowest BCUT2D eigenvalue weighted by Crippen LogP contribution is -2.66. The van der Waals surface area contributed by atoms with Gasteiger partial charge in [0.1, 0.15) is 0 Å². The van der Waals surface area contributed by atoms with Gasteiger partial charge in [-0.2, -0.15) is 0 Å². The second kappa shape index (κ2) is 12.2. The minimum Gasteiger partial charge on any atom is -0.404 e. The summed E-state index contributed by atoms with van der Waals surface area (Å²) in [5.41, 5.74) is 1.84. The van der Waals surface area contributed by atoms with Crippen LogP contribution < -0.4 is 10.4 Å². The molecule has 3 saturated carbocycles. The third-order valence-electron chi connectivity index (χ3n) is 13.3. The maximum Gasteiger partial charge on any atom is 0.261 e. The standard InChI is InChI=1S/C41H62O2Si/c1-31(25-30-43-44(37(2,3)4,32-17-12-10-13-18-32)33-19-14-11-15-20-33)21-22-36-40(8)28-23-34-38(5,6)26-16-27-39(34,7)35(40)24-29-41(36,9)42/h10-15,17-20,25,34-36,42H,16,21-24,26-30H2,1-9H3/b31-25-/t34-,35+,36-,39-,40+,41-/m1/s1. The van der Waals surface area contributed by atoms with Gasteiger partial charge in [0, 0.05) is 0 Å². The molecule has 5 rings (SSSR count). The number of aliphatic hydroxyl groups is 1. The summed E-state index contributed by atoms with van der Waals surface area (Å²) in [7, 11) is -2.55. The highest BCUT2D eigenvalue weighted by atomic mass is 28.4. The first-order valence-electron chi connectivity index (χ1n) is 17.7. The first kappa shape index (κ1) is 33.7. The molecule has 0 aliphatic heterocycles. The van der Waals surface area contributed by atoms with Crippen molar-refractivity contribution >= 4 is 18.7 Å². The van der Waals surface area contributed by atoms with Crippen molar-refractivity contribution < 1.29 is 9.53 Å².